The van der Waals surface area contributed by atoms with E-state index in [4.69, 9.17) is 5.11 Å². The maximum atomic E-state index is 11.3. The molecule has 0 aromatic heterocycles. The lowest BCUT2D eigenvalue weighted by Crippen LogP contribution is -2.14. The predicted octanol–water partition coefficient (Wildman–Crippen LogP) is 1.16. The molecule has 0 aromatic rings. The van der Waals surface area contributed by atoms with Crippen molar-refractivity contribution in [1.82, 2.24) is 0 Å². The van der Waals surface area contributed by atoms with Gasteiger partial charge in [-0.05, 0) is 30.4 Å². The smallest absolute Gasteiger partial charge is 0.303 e. The van der Waals surface area contributed by atoms with Gasteiger partial charge >= 0.3 is 5.97 Å². The van der Waals surface area contributed by atoms with E-state index in [1.54, 1.807) is 11.8 Å². The molecule has 16 heavy (non-hydrogen) atoms. The summed E-state index contributed by atoms with van der Waals surface area (Å²) >= 11 is 1.66. The molecule has 1 atom stereocenters. The van der Waals surface area contributed by atoms with Crippen LogP contribution in [0.1, 0.15) is 25.7 Å². The van der Waals surface area contributed by atoms with E-state index < -0.39 is 15.8 Å². The maximum Gasteiger partial charge on any atom is 0.303 e. The lowest BCUT2D eigenvalue weighted by atomic mass is 10.1. The minimum atomic E-state index is -2.80. The Morgan fingerprint density at radius 2 is 2.12 bits per heavy atom. The number of hydrogen-bond acceptors (Lipinski definition) is 4. The zero-order valence-electron chi connectivity index (χ0n) is 9.02. The Morgan fingerprint density at radius 1 is 1.44 bits per heavy atom. The number of carboxylic acid groups (broad SMARTS) is 1. The Kier molecular flexibility index (Phi) is 3.22. The van der Waals surface area contributed by atoms with Crippen molar-refractivity contribution in [1.29, 1.82) is 0 Å². The van der Waals surface area contributed by atoms with Gasteiger partial charge in [0.15, 0.2) is 9.84 Å². The lowest BCUT2D eigenvalue weighted by Gasteiger charge is -2.14. The zero-order valence-corrected chi connectivity index (χ0v) is 10.6. The molecule has 1 aliphatic heterocycles. The Hall–Kier alpha value is -0.230. The maximum absolute atomic E-state index is 11.3. The van der Waals surface area contributed by atoms with Gasteiger partial charge in [-0.15, -0.1) is 0 Å². The summed E-state index contributed by atoms with van der Waals surface area (Å²) in [5.41, 5.74) is -0.0249. The standard InChI is InChI=1S/C10H16O4S2/c11-9(12)5-10(2-3-10)7-15-8-1-4-16(13,14)6-8/h8H,1-7H2,(H,11,12). The molecule has 0 aromatic carbocycles. The van der Waals surface area contributed by atoms with Crippen molar-refractivity contribution in [3.63, 3.8) is 0 Å². The van der Waals surface area contributed by atoms with Crippen LogP contribution in [0.2, 0.25) is 0 Å². The number of aliphatic carboxylic acids is 1. The fourth-order valence-electron chi connectivity index (χ4n) is 2.06. The number of thioether (sulfide) groups is 1. The minimum absolute atomic E-state index is 0.0249. The van der Waals surface area contributed by atoms with Crippen molar-refractivity contribution < 1.29 is 18.3 Å². The van der Waals surface area contributed by atoms with Crippen molar-refractivity contribution >= 4 is 27.6 Å². The van der Waals surface area contributed by atoms with Gasteiger partial charge in [0.1, 0.15) is 0 Å². The molecular formula is C10H16O4S2. The molecule has 1 saturated heterocycles. The van der Waals surface area contributed by atoms with E-state index in [0.29, 0.717) is 5.75 Å². The Labute approximate surface area is 99.7 Å². The third-order valence-corrected chi connectivity index (χ3v) is 6.93. The minimum Gasteiger partial charge on any atom is -0.481 e. The number of carbonyl (C=O) groups is 1. The fraction of sp³-hybridized carbons (Fsp3) is 0.900. The van der Waals surface area contributed by atoms with E-state index in [1.165, 1.54) is 0 Å². The van der Waals surface area contributed by atoms with Crippen molar-refractivity contribution in [2.45, 2.75) is 30.9 Å². The van der Waals surface area contributed by atoms with Crippen molar-refractivity contribution in [3.05, 3.63) is 0 Å². The van der Waals surface area contributed by atoms with Gasteiger partial charge < -0.3 is 5.11 Å². The number of hydrogen-bond donors (Lipinski definition) is 1. The highest BCUT2D eigenvalue weighted by atomic mass is 32.2. The van der Waals surface area contributed by atoms with Crippen LogP contribution in [-0.4, -0.2) is 42.0 Å². The van der Waals surface area contributed by atoms with Gasteiger partial charge in [0.25, 0.3) is 0 Å². The first-order valence-corrected chi connectivity index (χ1v) is 8.32. The van der Waals surface area contributed by atoms with Crippen LogP contribution in [0.3, 0.4) is 0 Å². The summed E-state index contributed by atoms with van der Waals surface area (Å²) in [5, 5.41) is 8.95. The van der Waals surface area contributed by atoms with Gasteiger partial charge in [0.05, 0.1) is 17.9 Å². The summed E-state index contributed by atoms with van der Waals surface area (Å²) < 4.78 is 22.5. The zero-order chi connectivity index (χ0) is 11.8. The van der Waals surface area contributed by atoms with E-state index in [0.717, 1.165) is 25.0 Å². The van der Waals surface area contributed by atoms with Crippen molar-refractivity contribution in [2.75, 3.05) is 17.3 Å². The van der Waals surface area contributed by atoms with E-state index >= 15 is 0 Å². The van der Waals surface area contributed by atoms with Crippen molar-refractivity contribution in [3.8, 4) is 0 Å². The van der Waals surface area contributed by atoms with Gasteiger partial charge in [-0.1, -0.05) is 0 Å². The molecule has 2 fully saturated rings. The van der Waals surface area contributed by atoms with Crippen LogP contribution in [0.15, 0.2) is 0 Å². The molecule has 4 nitrogen and oxygen atoms in total. The molecule has 1 saturated carbocycles. The second-order valence-corrected chi connectivity index (χ2v) is 8.42. The van der Waals surface area contributed by atoms with Gasteiger partial charge in [-0.3, -0.25) is 4.79 Å². The second-order valence-electron chi connectivity index (χ2n) is 4.91. The molecule has 1 heterocycles. The highest BCUT2D eigenvalue weighted by molar-refractivity contribution is 8.01. The fourth-order valence-corrected chi connectivity index (χ4v) is 6.02. The lowest BCUT2D eigenvalue weighted by molar-refractivity contribution is -0.138. The second kappa shape index (κ2) is 4.22. The third-order valence-electron chi connectivity index (χ3n) is 3.30. The average molecular weight is 264 g/mol. The Morgan fingerprint density at radius 3 is 2.56 bits per heavy atom. The molecule has 1 aliphatic carbocycles. The van der Waals surface area contributed by atoms with Gasteiger partial charge in [0, 0.05) is 5.25 Å². The van der Waals surface area contributed by atoms with Crippen LogP contribution < -0.4 is 0 Å². The largest absolute Gasteiger partial charge is 0.481 e. The predicted molar refractivity (Wildman–Crippen MR) is 63.4 cm³/mol. The molecule has 1 N–H and O–H groups in total. The number of sulfone groups is 1. The Balaban J connectivity index is 1.78. The molecule has 2 aliphatic rings. The van der Waals surface area contributed by atoms with Crippen LogP contribution in [0, 0.1) is 5.41 Å². The molecule has 92 valence electrons. The Bertz CT molecular complexity index is 384. The van der Waals surface area contributed by atoms with Gasteiger partial charge in [0.2, 0.25) is 0 Å². The summed E-state index contributed by atoms with van der Waals surface area (Å²) in [6.07, 6.45) is 2.92. The SMILES string of the molecule is O=C(O)CC1(CSC2CCS(=O)(=O)C2)CC1. The molecule has 0 amide bonds. The summed E-state index contributed by atoms with van der Waals surface area (Å²) in [6, 6.07) is 0. The topological polar surface area (TPSA) is 71.4 Å². The average Bonchev–Trinajstić information content (AvgIpc) is 2.81. The summed E-state index contributed by atoms with van der Waals surface area (Å²) in [7, 11) is -2.80. The van der Waals surface area contributed by atoms with Gasteiger partial charge in [-0.2, -0.15) is 11.8 Å². The van der Waals surface area contributed by atoms with E-state index in [1.807, 2.05) is 0 Å². The molecule has 6 heteroatoms. The van der Waals surface area contributed by atoms with Crippen LogP contribution in [0.4, 0.5) is 0 Å². The van der Waals surface area contributed by atoms with E-state index in [-0.39, 0.29) is 22.8 Å². The summed E-state index contributed by atoms with van der Waals surface area (Å²) in [6.45, 7) is 0. The molecule has 0 spiro atoms. The van der Waals surface area contributed by atoms with Gasteiger partial charge in [-0.25, -0.2) is 8.42 Å². The third kappa shape index (κ3) is 3.13. The first-order chi connectivity index (χ1) is 7.41. The normalized spacial score (nSPS) is 30.1. The van der Waals surface area contributed by atoms with Crippen LogP contribution in [-0.2, 0) is 14.6 Å². The number of carboxylic acids is 1. The number of rotatable bonds is 5. The first-order valence-electron chi connectivity index (χ1n) is 5.45. The molecule has 1 unspecified atom stereocenters. The monoisotopic (exact) mass is 264 g/mol. The highest BCUT2D eigenvalue weighted by Gasteiger charge is 2.45. The van der Waals surface area contributed by atoms with Crippen LogP contribution >= 0.6 is 11.8 Å². The quantitative estimate of drug-likeness (QED) is 0.807. The molecule has 0 radical (unpaired) electrons. The first kappa shape index (κ1) is 12.2. The van der Waals surface area contributed by atoms with Crippen molar-refractivity contribution in [2.24, 2.45) is 5.41 Å². The summed E-state index contributed by atoms with van der Waals surface area (Å²) in [4.78, 5) is 10.6. The molecule has 2 rings (SSSR count). The molecule has 0 bridgehead atoms. The van der Waals surface area contributed by atoms with E-state index in [9.17, 15) is 13.2 Å². The highest BCUT2D eigenvalue weighted by Crippen LogP contribution is 2.51. The van der Waals surface area contributed by atoms with Crippen LogP contribution in [0.25, 0.3) is 0 Å². The molecular weight excluding hydrogens is 248 g/mol. The van der Waals surface area contributed by atoms with E-state index in [2.05, 4.69) is 0 Å². The van der Waals surface area contributed by atoms with Crippen LogP contribution in [0.5, 0.6) is 0 Å². The summed E-state index contributed by atoms with van der Waals surface area (Å²) in [5.74, 6) is 0.647.